The fraction of sp³-hybridized carbons (Fsp3) is 0.600. The Balaban J connectivity index is 3.15. The Kier molecular flexibility index (Phi) is 4.42. The fourth-order valence-electron chi connectivity index (χ4n) is 2.70. The third-order valence-corrected chi connectivity index (χ3v) is 10.1. The highest BCUT2D eigenvalue weighted by molar-refractivity contribution is 6.83. The molecule has 0 radical (unpaired) electrons. The van der Waals surface area contributed by atoms with Crippen molar-refractivity contribution in [1.82, 2.24) is 0 Å². The fourth-order valence-corrected chi connectivity index (χ4v) is 9.58. The van der Waals surface area contributed by atoms with E-state index in [1.807, 2.05) is 0 Å². The third-order valence-electron chi connectivity index (χ3n) is 3.96. The van der Waals surface area contributed by atoms with Gasteiger partial charge in [-0.05, 0) is 16.6 Å². The van der Waals surface area contributed by atoms with Crippen LogP contribution < -0.4 is 0 Å². The molecule has 1 aromatic carbocycles. The summed E-state index contributed by atoms with van der Waals surface area (Å²) in [6.07, 6.45) is 0. The molecule has 0 aliphatic heterocycles. The van der Waals surface area contributed by atoms with Crippen molar-refractivity contribution in [3.8, 4) is 0 Å². The summed E-state index contributed by atoms with van der Waals surface area (Å²) in [5, 5.41) is 0. The molecule has 0 bridgehead atoms. The molecule has 1 rings (SSSR count). The predicted molar refractivity (Wildman–Crippen MR) is 85.3 cm³/mol. The zero-order chi connectivity index (χ0) is 13.3. The lowest BCUT2D eigenvalue weighted by molar-refractivity contribution is 0.808. The molecule has 0 saturated heterocycles. The summed E-state index contributed by atoms with van der Waals surface area (Å²) < 4.78 is 0. The monoisotopic (exact) mass is 264 g/mol. The molecule has 0 spiro atoms. The lowest BCUT2D eigenvalue weighted by Crippen LogP contribution is -2.41. The van der Waals surface area contributed by atoms with Crippen LogP contribution in [-0.4, -0.2) is 16.1 Å². The van der Waals surface area contributed by atoms with Crippen LogP contribution in [0.25, 0.3) is 0 Å². The molecule has 0 N–H and O–H groups in total. The smallest absolute Gasteiger partial charge is 0.0521 e. The maximum absolute atomic E-state index is 2.52. The van der Waals surface area contributed by atoms with E-state index in [4.69, 9.17) is 0 Å². The topological polar surface area (TPSA) is 0 Å². The Morgan fingerprint density at radius 2 is 1.24 bits per heavy atom. The van der Waals surface area contributed by atoms with E-state index in [9.17, 15) is 0 Å². The molecule has 2 atom stereocenters. The standard InChI is InChI=1S/C15H28Si2/c1-13(16(2,3)4)15(17(5,6)7)14-11-9-8-10-12-14/h8-13,15H,1-7H3. The van der Waals surface area contributed by atoms with Crippen LogP contribution in [0.4, 0.5) is 0 Å². The highest BCUT2D eigenvalue weighted by Gasteiger charge is 2.38. The van der Waals surface area contributed by atoms with Crippen LogP contribution in [-0.2, 0) is 0 Å². The first-order valence-corrected chi connectivity index (χ1v) is 13.8. The second kappa shape index (κ2) is 5.11. The van der Waals surface area contributed by atoms with Gasteiger partial charge >= 0.3 is 0 Å². The van der Waals surface area contributed by atoms with E-state index in [0.717, 1.165) is 11.1 Å². The van der Waals surface area contributed by atoms with Crippen molar-refractivity contribution in [3.63, 3.8) is 0 Å². The second-order valence-corrected chi connectivity index (χ2v) is 18.4. The predicted octanol–water partition coefficient (Wildman–Crippen LogP) is 5.38. The van der Waals surface area contributed by atoms with E-state index in [1.54, 1.807) is 5.56 Å². The van der Waals surface area contributed by atoms with Gasteiger partial charge in [-0.25, -0.2) is 0 Å². The molecule has 1 aromatic rings. The van der Waals surface area contributed by atoms with Crippen molar-refractivity contribution in [2.24, 2.45) is 0 Å². The van der Waals surface area contributed by atoms with Gasteiger partial charge in [0.2, 0.25) is 0 Å². The molecular weight excluding hydrogens is 236 g/mol. The molecule has 0 aliphatic carbocycles. The van der Waals surface area contributed by atoms with Crippen LogP contribution in [0.15, 0.2) is 30.3 Å². The Bertz CT molecular complexity index is 343. The largest absolute Gasteiger partial charge is 0.0693 e. The average molecular weight is 265 g/mol. The molecule has 0 heterocycles. The summed E-state index contributed by atoms with van der Waals surface area (Å²) >= 11 is 0. The van der Waals surface area contributed by atoms with Gasteiger partial charge in [0.25, 0.3) is 0 Å². The number of hydrogen-bond acceptors (Lipinski definition) is 0. The quantitative estimate of drug-likeness (QED) is 0.641. The van der Waals surface area contributed by atoms with Crippen LogP contribution in [0.1, 0.15) is 18.0 Å². The molecule has 0 fully saturated rings. The molecule has 2 unspecified atom stereocenters. The van der Waals surface area contributed by atoms with E-state index < -0.39 is 16.1 Å². The van der Waals surface area contributed by atoms with E-state index in [2.05, 4.69) is 76.5 Å². The highest BCUT2D eigenvalue weighted by Crippen LogP contribution is 2.42. The lowest BCUT2D eigenvalue weighted by atomic mass is 10.1. The van der Waals surface area contributed by atoms with Gasteiger partial charge in [-0.3, -0.25) is 0 Å². The highest BCUT2D eigenvalue weighted by atomic mass is 28.3. The zero-order valence-electron chi connectivity index (χ0n) is 12.5. The average Bonchev–Trinajstić information content (AvgIpc) is 2.15. The Morgan fingerprint density at radius 3 is 1.59 bits per heavy atom. The summed E-state index contributed by atoms with van der Waals surface area (Å²) in [6, 6.07) is 11.2. The molecule has 0 aliphatic rings. The van der Waals surface area contributed by atoms with Gasteiger partial charge in [-0.15, -0.1) is 0 Å². The summed E-state index contributed by atoms with van der Waals surface area (Å²) in [4.78, 5) is 0. The van der Waals surface area contributed by atoms with Crippen LogP contribution in [0, 0.1) is 0 Å². The molecule has 0 aromatic heterocycles. The van der Waals surface area contributed by atoms with Gasteiger partial charge in [0, 0.05) is 8.07 Å². The van der Waals surface area contributed by atoms with Crippen molar-refractivity contribution in [2.75, 3.05) is 0 Å². The summed E-state index contributed by atoms with van der Waals surface area (Å²) in [6.45, 7) is 17.6. The van der Waals surface area contributed by atoms with Crippen LogP contribution in [0.2, 0.25) is 44.8 Å². The molecule has 0 saturated carbocycles. The molecule has 96 valence electrons. The van der Waals surface area contributed by atoms with E-state index in [1.165, 1.54) is 0 Å². The molecule has 17 heavy (non-hydrogen) atoms. The van der Waals surface area contributed by atoms with Gasteiger partial charge in [-0.1, -0.05) is 76.5 Å². The number of hydrogen-bond donors (Lipinski definition) is 0. The van der Waals surface area contributed by atoms with Gasteiger partial charge in [0.15, 0.2) is 0 Å². The van der Waals surface area contributed by atoms with E-state index in [-0.39, 0.29) is 0 Å². The van der Waals surface area contributed by atoms with Crippen molar-refractivity contribution in [3.05, 3.63) is 35.9 Å². The normalized spacial score (nSPS) is 16.6. The van der Waals surface area contributed by atoms with E-state index in [0.29, 0.717) is 0 Å². The summed E-state index contributed by atoms with van der Waals surface area (Å²) in [5.74, 6) is 0. The van der Waals surface area contributed by atoms with Crippen LogP contribution >= 0.6 is 0 Å². The number of rotatable bonds is 4. The lowest BCUT2D eigenvalue weighted by Gasteiger charge is -2.40. The molecule has 0 amide bonds. The third kappa shape index (κ3) is 3.82. The Morgan fingerprint density at radius 1 is 0.765 bits per heavy atom. The maximum atomic E-state index is 2.52. The molecular formula is C15H28Si2. The molecule has 0 nitrogen and oxygen atoms in total. The van der Waals surface area contributed by atoms with Crippen LogP contribution in [0.3, 0.4) is 0 Å². The van der Waals surface area contributed by atoms with Crippen LogP contribution in [0.5, 0.6) is 0 Å². The summed E-state index contributed by atoms with van der Waals surface area (Å²) in [7, 11) is -2.25. The number of benzene rings is 1. The Hall–Kier alpha value is -0.346. The Labute approximate surface area is 109 Å². The van der Waals surface area contributed by atoms with E-state index >= 15 is 0 Å². The van der Waals surface area contributed by atoms with Crippen molar-refractivity contribution in [2.45, 2.75) is 57.3 Å². The van der Waals surface area contributed by atoms with Crippen molar-refractivity contribution in [1.29, 1.82) is 0 Å². The minimum absolute atomic E-state index is 0.801. The van der Waals surface area contributed by atoms with Gasteiger partial charge in [0.05, 0.1) is 8.07 Å². The van der Waals surface area contributed by atoms with Gasteiger partial charge < -0.3 is 0 Å². The molecule has 2 heteroatoms. The minimum Gasteiger partial charge on any atom is -0.0693 e. The van der Waals surface area contributed by atoms with Crippen molar-refractivity contribution >= 4 is 16.1 Å². The summed E-state index contributed by atoms with van der Waals surface area (Å²) in [5.41, 5.74) is 3.23. The first-order chi connectivity index (χ1) is 7.64. The second-order valence-electron chi connectivity index (χ2n) is 7.41. The first kappa shape index (κ1) is 14.7. The van der Waals surface area contributed by atoms with Gasteiger partial charge in [-0.2, -0.15) is 0 Å². The van der Waals surface area contributed by atoms with Gasteiger partial charge in [0.1, 0.15) is 0 Å². The minimum atomic E-state index is -1.17. The SMILES string of the molecule is CC(C(c1ccccc1)[Si](C)(C)C)[Si](C)(C)C. The zero-order valence-corrected chi connectivity index (χ0v) is 14.5. The first-order valence-electron chi connectivity index (χ1n) is 6.69. The maximum Gasteiger partial charge on any atom is 0.0521 e. The van der Waals surface area contributed by atoms with Crippen molar-refractivity contribution < 1.29 is 0 Å².